The third-order valence-electron chi connectivity index (χ3n) is 4.80. The summed E-state index contributed by atoms with van der Waals surface area (Å²) in [6.07, 6.45) is 2.24. The molecule has 0 fully saturated rings. The van der Waals surface area contributed by atoms with Crippen LogP contribution >= 0.6 is 0 Å². The summed E-state index contributed by atoms with van der Waals surface area (Å²) in [7, 11) is 4.23. The molecule has 0 saturated carbocycles. The largest absolute Gasteiger partial charge is 0.340 e. The number of fused-ring (bicyclic) bond motifs is 2. The van der Waals surface area contributed by atoms with Gasteiger partial charge in [-0.3, -0.25) is 0 Å². The third-order valence-corrected chi connectivity index (χ3v) is 4.80. The van der Waals surface area contributed by atoms with Crippen molar-refractivity contribution in [3.63, 3.8) is 0 Å². The van der Waals surface area contributed by atoms with Crippen LogP contribution in [-0.4, -0.2) is 39.7 Å². The van der Waals surface area contributed by atoms with Crippen molar-refractivity contribution in [3.05, 3.63) is 66.1 Å². The van der Waals surface area contributed by atoms with Crippen LogP contribution in [0, 0.1) is 6.92 Å². The number of para-hydroxylation sites is 3. The molecule has 0 spiro atoms. The van der Waals surface area contributed by atoms with Crippen molar-refractivity contribution >= 4 is 21.9 Å². The molecule has 2 aromatic carbocycles. The summed E-state index contributed by atoms with van der Waals surface area (Å²) in [6, 6.07) is 17.0. The van der Waals surface area contributed by atoms with Gasteiger partial charge in [0.1, 0.15) is 5.82 Å². The Labute approximate surface area is 148 Å². The predicted octanol–water partition coefficient (Wildman–Crippen LogP) is 3.91. The number of likely N-dealkylation sites (N-methyl/N-ethyl adjacent to an activating group) is 1. The quantitative estimate of drug-likeness (QED) is 0.554. The highest BCUT2D eigenvalue weighted by molar-refractivity contribution is 5.83. The molecule has 0 saturated heterocycles. The topological polar surface area (TPSA) is 26.0 Å². The predicted molar refractivity (Wildman–Crippen MR) is 104 cm³/mol. The van der Waals surface area contributed by atoms with Gasteiger partial charge in [0.05, 0.1) is 17.6 Å². The second-order valence-electron chi connectivity index (χ2n) is 6.93. The number of benzene rings is 2. The molecule has 4 aromatic rings. The Morgan fingerprint density at radius 3 is 2.48 bits per heavy atom. The van der Waals surface area contributed by atoms with Crippen molar-refractivity contribution in [2.24, 2.45) is 0 Å². The molecule has 0 unspecified atom stereocenters. The maximum atomic E-state index is 4.93. The van der Waals surface area contributed by atoms with Crippen molar-refractivity contribution in [3.8, 4) is 0 Å². The maximum Gasteiger partial charge on any atom is 0.129 e. The zero-order chi connectivity index (χ0) is 17.4. The van der Waals surface area contributed by atoms with Crippen LogP contribution in [0.4, 0.5) is 0 Å². The minimum absolute atomic E-state index is 0.788. The number of hydrogen-bond donors (Lipinski definition) is 0. The van der Waals surface area contributed by atoms with Crippen molar-refractivity contribution in [1.82, 2.24) is 19.0 Å². The van der Waals surface area contributed by atoms with E-state index in [1.807, 2.05) is 0 Å². The van der Waals surface area contributed by atoms with Gasteiger partial charge in [-0.25, -0.2) is 4.98 Å². The van der Waals surface area contributed by atoms with E-state index in [0.29, 0.717) is 0 Å². The summed E-state index contributed by atoms with van der Waals surface area (Å²) in [4.78, 5) is 7.14. The fourth-order valence-electron chi connectivity index (χ4n) is 3.51. The van der Waals surface area contributed by atoms with Crippen LogP contribution in [0.15, 0.2) is 54.7 Å². The third kappa shape index (κ3) is 2.94. The average molecular weight is 332 g/mol. The number of rotatable bonds is 5. The second kappa shape index (κ2) is 6.37. The van der Waals surface area contributed by atoms with Crippen LogP contribution in [0.3, 0.4) is 0 Å². The van der Waals surface area contributed by atoms with Gasteiger partial charge in [-0.15, -0.1) is 0 Å². The number of nitrogens with zero attached hydrogens (tertiary/aromatic N) is 4. The molecular formula is C21H24N4. The van der Waals surface area contributed by atoms with Crippen molar-refractivity contribution in [1.29, 1.82) is 0 Å². The first-order valence-electron chi connectivity index (χ1n) is 8.77. The highest BCUT2D eigenvalue weighted by atomic mass is 15.2. The zero-order valence-corrected chi connectivity index (χ0v) is 15.1. The first-order valence-corrected chi connectivity index (χ1v) is 8.77. The van der Waals surface area contributed by atoms with E-state index in [9.17, 15) is 0 Å². The van der Waals surface area contributed by atoms with Crippen molar-refractivity contribution in [2.45, 2.75) is 20.0 Å². The molecule has 2 heterocycles. The van der Waals surface area contributed by atoms with Gasteiger partial charge in [-0.2, -0.15) is 0 Å². The van der Waals surface area contributed by atoms with Crippen LogP contribution in [-0.2, 0) is 13.1 Å². The number of aryl methyl sites for hydroxylation is 1. The van der Waals surface area contributed by atoms with E-state index < -0.39 is 0 Å². The van der Waals surface area contributed by atoms with E-state index in [1.165, 1.54) is 22.0 Å². The Balaban J connectivity index is 1.78. The van der Waals surface area contributed by atoms with Crippen LogP contribution in [0.1, 0.15) is 11.4 Å². The Kier molecular flexibility index (Phi) is 4.06. The van der Waals surface area contributed by atoms with E-state index in [1.54, 1.807) is 0 Å². The van der Waals surface area contributed by atoms with Crippen LogP contribution in [0.25, 0.3) is 21.9 Å². The monoisotopic (exact) mass is 332 g/mol. The van der Waals surface area contributed by atoms with E-state index >= 15 is 0 Å². The van der Waals surface area contributed by atoms with Gasteiger partial charge in [0.2, 0.25) is 0 Å². The molecule has 2 aromatic heterocycles. The van der Waals surface area contributed by atoms with E-state index in [0.717, 1.165) is 31.0 Å². The fraction of sp³-hybridized carbons (Fsp3) is 0.286. The second-order valence-corrected chi connectivity index (χ2v) is 6.93. The molecule has 0 aliphatic carbocycles. The number of aromatic nitrogens is 3. The number of hydrogen-bond acceptors (Lipinski definition) is 2. The molecule has 4 heteroatoms. The van der Waals surface area contributed by atoms with Gasteiger partial charge >= 0.3 is 0 Å². The standard InChI is InChI=1S/C21H24N4/c1-16-14-24(19-10-6-4-8-17(16)19)15-21-22-18-9-5-7-11-20(18)25(21)13-12-23(2)3/h4-11,14H,12-13,15H2,1-3H3. The van der Waals surface area contributed by atoms with Crippen molar-refractivity contribution < 1.29 is 0 Å². The minimum Gasteiger partial charge on any atom is -0.340 e. The Hall–Kier alpha value is -2.59. The van der Waals surface area contributed by atoms with Crippen LogP contribution < -0.4 is 0 Å². The lowest BCUT2D eigenvalue weighted by Crippen LogP contribution is -2.20. The molecule has 0 atom stereocenters. The Bertz CT molecular complexity index is 1020. The first-order chi connectivity index (χ1) is 12.1. The number of imidazole rings is 1. The molecule has 0 N–H and O–H groups in total. The van der Waals surface area contributed by atoms with Crippen LogP contribution in [0.5, 0.6) is 0 Å². The summed E-state index contributed by atoms with van der Waals surface area (Å²) in [5.41, 5.74) is 4.87. The summed E-state index contributed by atoms with van der Waals surface area (Å²) in [5, 5.41) is 1.32. The molecule has 0 aliphatic rings. The summed E-state index contributed by atoms with van der Waals surface area (Å²) in [5.74, 6) is 1.11. The molecule has 128 valence electrons. The maximum absolute atomic E-state index is 4.93. The Morgan fingerprint density at radius 2 is 1.68 bits per heavy atom. The average Bonchev–Trinajstić information content (AvgIpc) is 3.11. The van der Waals surface area contributed by atoms with Gasteiger partial charge in [-0.1, -0.05) is 30.3 Å². The highest BCUT2D eigenvalue weighted by Crippen LogP contribution is 2.23. The fourth-order valence-corrected chi connectivity index (χ4v) is 3.51. The first kappa shape index (κ1) is 15.9. The highest BCUT2D eigenvalue weighted by Gasteiger charge is 2.13. The molecule has 4 rings (SSSR count). The Morgan fingerprint density at radius 1 is 0.960 bits per heavy atom. The van der Waals surface area contributed by atoms with Gasteiger partial charge in [0.15, 0.2) is 0 Å². The molecule has 0 amide bonds. The molecular weight excluding hydrogens is 308 g/mol. The lowest BCUT2D eigenvalue weighted by Gasteiger charge is -2.14. The van der Waals surface area contributed by atoms with E-state index in [-0.39, 0.29) is 0 Å². The van der Waals surface area contributed by atoms with Crippen LogP contribution in [0.2, 0.25) is 0 Å². The molecule has 0 radical (unpaired) electrons. The lowest BCUT2D eigenvalue weighted by atomic mass is 10.2. The summed E-state index contributed by atoms with van der Waals surface area (Å²) >= 11 is 0. The SMILES string of the molecule is Cc1cn(Cc2nc3ccccc3n2CCN(C)C)c2ccccc12. The molecule has 0 bridgehead atoms. The molecule has 4 nitrogen and oxygen atoms in total. The normalized spacial score (nSPS) is 11.8. The van der Waals surface area contributed by atoms with Crippen molar-refractivity contribution in [2.75, 3.05) is 20.6 Å². The van der Waals surface area contributed by atoms with E-state index in [4.69, 9.17) is 4.98 Å². The van der Waals surface area contributed by atoms with Gasteiger partial charge in [0.25, 0.3) is 0 Å². The minimum atomic E-state index is 0.788. The van der Waals surface area contributed by atoms with Gasteiger partial charge in [-0.05, 0) is 44.8 Å². The van der Waals surface area contributed by atoms with Gasteiger partial charge in [0, 0.05) is 30.2 Å². The van der Waals surface area contributed by atoms with E-state index in [2.05, 4.69) is 89.8 Å². The lowest BCUT2D eigenvalue weighted by molar-refractivity contribution is 0.382. The zero-order valence-electron chi connectivity index (χ0n) is 15.1. The molecule has 25 heavy (non-hydrogen) atoms. The summed E-state index contributed by atoms with van der Waals surface area (Å²) in [6.45, 7) is 4.91. The molecule has 0 aliphatic heterocycles. The van der Waals surface area contributed by atoms with Gasteiger partial charge < -0.3 is 14.0 Å². The summed E-state index contributed by atoms with van der Waals surface area (Å²) < 4.78 is 4.68. The smallest absolute Gasteiger partial charge is 0.129 e.